The van der Waals surface area contributed by atoms with Crippen LogP contribution < -0.4 is 0 Å². The zero-order valence-electron chi connectivity index (χ0n) is 6.11. The number of rotatable bonds is 1. The Morgan fingerprint density at radius 1 is 1.33 bits per heavy atom. The van der Waals surface area contributed by atoms with Crippen molar-refractivity contribution in [2.24, 2.45) is 0 Å². The summed E-state index contributed by atoms with van der Waals surface area (Å²) < 4.78 is 25.9. The van der Waals surface area contributed by atoms with E-state index in [0.717, 1.165) is 0 Å². The van der Waals surface area contributed by atoms with Crippen LogP contribution in [0.4, 0.5) is 8.78 Å². The molecule has 0 aliphatic rings. The Kier molecular flexibility index (Phi) is 1.53. The molecule has 2 aromatic heterocycles. The first-order chi connectivity index (χ1) is 5.77. The normalized spacial score (nSPS) is 11.2. The van der Waals surface area contributed by atoms with Crippen LogP contribution in [0.25, 0.3) is 5.65 Å². The minimum absolute atomic E-state index is 0.0144. The molecular weight excluding hydrogens is 162 g/mol. The van der Waals surface area contributed by atoms with E-state index in [1.807, 2.05) is 0 Å². The monoisotopic (exact) mass is 168 g/mol. The Balaban J connectivity index is 2.60. The number of aromatic nitrogens is 2. The molecule has 0 atom stereocenters. The maximum absolute atomic E-state index is 12.2. The van der Waals surface area contributed by atoms with Crippen LogP contribution in [-0.4, -0.2) is 9.38 Å². The molecule has 0 saturated heterocycles. The molecule has 62 valence electrons. The summed E-state index contributed by atoms with van der Waals surface area (Å²) in [4.78, 5) is 3.94. The minimum atomic E-state index is -2.42. The SMILES string of the molecule is FC(F)c1ccc2nccn2c1. The van der Waals surface area contributed by atoms with Gasteiger partial charge in [-0.1, -0.05) is 0 Å². The molecule has 0 N–H and O–H groups in total. The summed E-state index contributed by atoms with van der Waals surface area (Å²) in [6.07, 6.45) is 2.18. The van der Waals surface area contributed by atoms with Crippen molar-refractivity contribution in [2.45, 2.75) is 6.43 Å². The molecule has 2 aromatic rings. The predicted molar refractivity (Wildman–Crippen MR) is 40.1 cm³/mol. The second-order valence-corrected chi connectivity index (χ2v) is 2.46. The van der Waals surface area contributed by atoms with Gasteiger partial charge in [-0.25, -0.2) is 13.8 Å². The van der Waals surface area contributed by atoms with E-state index in [4.69, 9.17) is 0 Å². The van der Waals surface area contributed by atoms with Crippen LogP contribution in [0.1, 0.15) is 12.0 Å². The number of alkyl halides is 2. The molecule has 12 heavy (non-hydrogen) atoms. The second kappa shape index (κ2) is 2.55. The lowest BCUT2D eigenvalue weighted by Gasteiger charge is -1.99. The number of hydrogen-bond donors (Lipinski definition) is 0. The lowest BCUT2D eigenvalue weighted by molar-refractivity contribution is 0.151. The van der Waals surface area contributed by atoms with E-state index in [0.29, 0.717) is 5.65 Å². The highest BCUT2D eigenvalue weighted by molar-refractivity contribution is 5.39. The van der Waals surface area contributed by atoms with Gasteiger partial charge in [-0.2, -0.15) is 0 Å². The van der Waals surface area contributed by atoms with Gasteiger partial charge in [0.1, 0.15) is 5.65 Å². The zero-order valence-corrected chi connectivity index (χ0v) is 6.11. The Bertz CT molecular complexity index is 395. The van der Waals surface area contributed by atoms with Crippen LogP contribution in [0.2, 0.25) is 0 Å². The van der Waals surface area contributed by atoms with Gasteiger partial charge in [-0.15, -0.1) is 0 Å². The zero-order chi connectivity index (χ0) is 8.55. The fourth-order valence-electron chi connectivity index (χ4n) is 1.07. The summed E-state index contributed by atoms with van der Waals surface area (Å²) in [7, 11) is 0. The standard InChI is InChI=1S/C8H6F2N2/c9-8(10)6-1-2-7-11-3-4-12(7)5-6/h1-5,8H. The summed E-state index contributed by atoms with van der Waals surface area (Å²) in [6.45, 7) is 0. The number of halogens is 2. The molecule has 0 spiro atoms. The summed E-state index contributed by atoms with van der Waals surface area (Å²) in [6, 6.07) is 2.95. The van der Waals surface area contributed by atoms with Gasteiger partial charge in [-0.3, -0.25) is 0 Å². The van der Waals surface area contributed by atoms with Crippen molar-refractivity contribution in [2.75, 3.05) is 0 Å². The number of pyridine rings is 1. The van der Waals surface area contributed by atoms with Crippen molar-refractivity contribution in [3.05, 3.63) is 36.3 Å². The first kappa shape index (κ1) is 7.21. The fraction of sp³-hybridized carbons (Fsp3) is 0.125. The van der Waals surface area contributed by atoms with Crippen molar-refractivity contribution >= 4 is 5.65 Å². The Morgan fingerprint density at radius 3 is 2.92 bits per heavy atom. The average Bonchev–Trinajstić information content (AvgIpc) is 2.49. The Labute approximate surface area is 67.5 Å². The van der Waals surface area contributed by atoms with Gasteiger partial charge in [0.25, 0.3) is 6.43 Å². The van der Waals surface area contributed by atoms with Gasteiger partial charge < -0.3 is 4.40 Å². The van der Waals surface area contributed by atoms with Gasteiger partial charge in [-0.05, 0) is 12.1 Å². The van der Waals surface area contributed by atoms with E-state index >= 15 is 0 Å². The molecule has 0 aliphatic carbocycles. The van der Waals surface area contributed by atoms with Crippen molar-refractivity contribution < 1.29 is 8.78 Å². The quantitative estimate of drug-likeness (QED) is 0.638. The third-order valence-corrected chi connectivity index (χ3v) is 1.66. The molecule has 0 aliphatic heterocycles. The topological polar surface area (TPSA) is 17.3 Å². The highest BCUT2D eigenvalue weighted by Crippen LogP contribution is 2.18. The third kappa shape index (κ3) is 1.05. The molecule has 0 amide bonds. The van der Waals surface area contributed by atoms with E-state index in [1.54, 1.807) is 22.9 Å². The summed E-state index contributed by atoms with van der Waals surface area (Å²) in [5.41, 5.74) is 0.694. The van der Waals surface area contributed by atoms with Crippen molar-refractivity contribution in [3.63, 3.8) is 0 Å². The van der Waals surface area contributed by atoms with Crippen molar-refractivity contribution in [1.82, 2.24) is 9.38 Å². The molecule has 0 radical (unpaired) electrons. The van der Waals surface area contributed by atoms with Gasteiger partial charge in [0.15, 0.2) is 0 Å². The average molecular weight is 168 g/mol. The van der Waals surface area contributed by atoms with Gasteiger partial charge >= 0.3 is 0 Å². The van der Waals surface area contributed by atoms with Crippen LogP contribution in [0.15, 0.2) is 30.7 Å². The summed E-state index contributed by atoms with van der Waals surface area (Å²) >= 11 is 0. The Morgan fingerprint density at radius 2 is 2.17 bits per heavy atom. The molecule has 2 rings (SSSR count). The van der Waals surface area contributed by atoms with Crippen LogP contribution in [-0.2, 0) is 0 Å². The van der Waals surface area contributed by atoms with E-state index in [2.05, 4.69) is 4.98 Å². The summed E-state index contributed by atoms with van der Waals surface area (Å²) in [5.74, 6) is 0. The maximum Gasteiger partial charge on any atom is 0.265 e. The third-order valence-electron chi connectivity index (χ3n) is 1.66. The molecule has 0 aromatic carbocycles. The highest BCUT2D eigenvalue weighted by atomic mass is 19.3. The summed E-state index contributed by atoms with van der Waals surface area (Å²) in [5, 5.41) is 0. The van der Waals surface area contributed by atoms with Crippen molar-refractivity contribution in [1.29, 1.82) is 0 Å². The predicted octanol–water partition coefficient (Wildman–Crippen LogP) is 2.27. The largest absolute Gasteiger partial charge is 0.307 e. The Hall–Kier alpha value is -1.45. The lowest BCUT2D eigenvalue weighted by Crippen LogP contribution is -1.89. The van der Waals surface area contributed by atoms with Gasteiger partial charge in [0, 0.05) is 24.2 Å². The number of fused-ring (bicyclic) bond motifs is 1. The van der Waals surface area contributed by atoms with Crippen LogP contribution >= 0.6 is 0 Å². The first-order valence-corrected chi connectivity index (χ1v) is 3.48. The molecule has 2 nitrogen and oxygen atoms in total. The van der Waals surface area contributed by atoms with Crippen LogP contribution in [0, 0.1) is 0 Å². The molecular formula is C8H6F2N2. The van der Waals surface area contributed by atoms with Crippen molar-refractivity contribution in [3.8, 4) is 0 Å². The molecule has 0 saturated carbocycles. The number of hydrogen-bond acceptors (Lipinski definition) is 1. The van der Waals surface area contributed by atoms with Gasteiger partial charge in [0.05, 0.1) is 0 Å². The lowest BCUT2D eigenvalue weighted by atomic mass is 10.3. The molecule has 4 heteroatoms. The minimum Gasteiger partial charge on any atom is -0.307 e. The first-order valence-electron chi connectivity index (χ1n) is 3.48. The van der Waals surface area contributed by atoms with E-state index in [1.165, 1.54) is 12.3 Å². The molecule has 0 unspecified atom stereocenters. The van der Waals surface area contributed by atoms with Crippen LogP contribution in [0.5, 0.6) is 0 Å². The molecule has 2 heterocycles. The van der Waals surface area contributed by atoms with Crippen LogP contribution in [0.3, 0.4) is 0 Å². The number of nitrogens with zero attached hydrogens (tertiary/aromatic N) is 2. The van der Waals surface area contributed by atoms with E-state index in [9.17, 15) is 8.78 Å². The highest BCUT2D eigenvalue weighted by Gasteiger charge is 2.06. The fourth-order valence-corrected chi connectivity index (χ4v) is 1.07. The maximum atomic E-state index is 12.2. The smallest absolute Gasteiger partial charge is 0.265 e. The molecule has 0 bridgehead atoms. The second-order valence-electron chi connectivity index (χ2n) is 2.46. The van der Waals surface area contributed by atoms with Gasteiger partial charge in [0.2, 0.25) is 0 Å². The molecule has 0 fully saturated rings. The number of imidazole rings is 1. The van der Waals surface area contributed by atoms with E-state index in [-0.39, 0.29) is 5.56 Å². The van der Waals surface area contributed by atoms with E-state index < -0.39 is 6.43 Å².